The van der Waals surface area contributed by atoms with Crippen molar-refractivity contribution in [3.63, 3.8) is 0 Å². The van der Waals surface area contributed by atoms with Gasteiger partial charge in [-0.2, -0.15) is 14.9 Å². The number of nitrogens with one attached hydrogen (secondary N) is 2. The Kier molecular flexibility index (Phi) is 4.77. The van der Waals surface area contributed by atoms with Crippen LogP contribution in [-0.2, 0) is 0 Å². The number of halogens is 1. The molecule has 0 spiro atoms. The first-order valence-corrected chi connectivity index (χ1v) is 9.39. The third kappa shape index (κ3) is 3.75. The Hall–Kier alpha value is -4.98. The smallest absolute Gasteiger partial charge is 0.236 e. The van der Waals surface area contributed by atoms with Gasteiger partial charge in [-0.1, -0.05) is 23.4 Å². The number of fused-ring (bicyclic) bond motifs is 1. The number of nitrogens with zero attached hydrogens (tertiary/aromatic N) is 8. The molecule has 2 N–H and O–H groups in total. The highest BCUT2D eigenvalue weighted by Gasteiger charge is 2.11. The summed E-state index contributed by atoms with van der Waals surface area (Å²) in [7, 11) is 0. The summed E-state index contributed by atoms with van der Waals surface area (Å²) in [6.07, 6.45) is 4.91. The second-order valence-corrected chi connectivity index (χ2v) is 6.59. The van der Waals surface area contributed by atoms with Crippen LogP contribution in [0.2, 0.25) is 0 Å². The molecule has 32 heavy (non-hydrogen) atoms. The van der Waals surface area contributed by atoms with Gasteiger partial charge in [0.15, 0.2) is 17.4 Å². The third-order valence-electron chi connectivity index (χ3n) is 4.48. The number of aromatic nitrogens is 7. The lowest BCUT2D eigenvalue weighted by Crippen LogP contribution is -2.02. The molecule has 0 fully saturated rings. The highest BCUT2D eigenvalue weighted by molar-refractivity contribution is 5.73. The van der Waals surface area contributed by atoms with E-state index in [1.807, 2.05) is 24.3 Å². The van der Waals surface area contributed by atoms with Crippen molar-refractivity contribution in [2.75, 3.05) is 10.6 Å². The van der Waals surface area contributed by atoms with E-state index in [9.17, 15) is 4.39 Å². The van der Waals surface area contributed by atoms with Crippen molar-refractivity contribution in [3.05, 3.63) is 72.8 Å². The van der Waals surface area contributed by atoms with Crippen molar-refractivity contribution in [2.24, 2.45) is 0 Å². The number of hydrogen-bond acceptors (Lipinski definition) is 9. The van der Waals surface area contributed by atoms with Crippen LogP contribution in [0.25, 0.3) is 28.1 Å². The summed E-state index contributed by atoms with van der Waals surface area (Å²) >= 11 is 0. The maximum atomic E-state index is 13.6. The predicted octanol–water partition coefficient (Wildman–Crippen LogP) is 3.44. The van der Waals surface area contributed by atoms with Crippen LogP contribution in [-0.4, -0.2) is 34.9 Å². The van der Waals surface area contributed by atoms with Crippen molar-refractivity contribution in [1.82, 2.24) is 34.9 Å². The van der Waals surface area contributed by atoms with Gasteiger partial charge >= 0.3 is 0 Å². The van der Waals surface area contributed by atoms with Gasteiger partial charge in [0.05, 0.1) is 17.6 Å². The van der Waals surface area contributed by atoms with Crippen molar-refractivity contribution in [2.45, 2.75) is 0 Å². The molecule has 11 heteroatoms. The summed E-state index contributed by atoms with van der Waals surface area (Å²) in [4.78, 5) is 17.1. The van der Waals surface area contributed by atoms with E-state index < -0.39 is 0 Å². The van der Waals surface area contributed by atoms with Crippen molar-refractivity contribution < 1.29 is 4.39 Å². The SMILES string of the molecule is N#CNc1nccc(-c2cccc(Nc3ncc4nnn(-c5cccc(F)c5)c4n3)c2)n1. The second-order valence-electron chi connectivity index (χ2n) is 6.59. The lowest BCUT2D eigenvalue weighted by Gasteiger charge is -2.08. The molecule has 5 aromatic rings. The molecule has 0 aliphatic rings. The van der Waals surface area contributed by atoms with Gasteiger partial charge in [0, 0.05) is 17.4 Å². The summed E-state index contributed by atoms with van der Waals surface area (Å²) in [5, 5.41) is 22.4. The second kappa shape index (κ2) is 8.04. The molecule has 0 aliphatic carbocycles. The van der Waals surface area contributed by atoms with Crippen LogP contribution in [0.4, 0.5) is 22.0 Å². The largest absolute Gasteiger partial charge is 0.324 e. The van der Waals surface area contributed by atoms with Gasteiger partial charge in [-0.3, -0.25) is 5.32 Å². The Bertz CT molecular complexity index is 1470. The van der Waals surface area contributed by atoms with Gasteiger partial charge in [-0.25, -0.2) is 19.3 Å². The van der Waals surface area contributed by atoms with Gasteiger partial charge in [0.2, 0.25) is 11.9 Å². The van der Waals surface area contributed by atoms with Crippen LogP contribution in [0.3, 0.4) is 0 Å². The van der Waals surface area contributed by atoms with Crippen LogP contribution < -0.4 is 10.6 Å². The van der Waals surface area contributed by atoms with Crippen LogP contribution in [0.15, 0.2) is 67.0 Å². The van der Waals surface area contributed by atoms with Gasteiger partial charge in [0.1, 0.15) is 5.82 Å². The minimum Gasteiger partial charge on any atom is -0.324 e. The van der Waals surface area contributed by atoms with Gasteiger partial charge < -0.3 is 5.32 Å². The van der Waals surface area contributed by atoms with Crippen LogP contribution >= 0.6 is 0 Å². The lowest BCUT2D eigenvalue weighted by atomic mass is 10.1. The molecule has 0 amide bonds. The predicted molar refractivity (Wildman–Crippen MR) is 114 cm³/mol. The van der Waals surface area contributed by atoms with Crippen molar-refractivity contribution >= 4 is 28.7 Å². The van der Waals surface area contributed by atoms with E-state index in [2.05, 4.69) is 40.9 Å². The number of nitriles is 1. The summed E-state index contributed by atoms with van der Waals surface area (Å²) < 4.78 is 15.1. The van der Waals surface area contributed by atoms with Crippen molar-refractivity contribution in [3.8, 4) is 23.1 Å². The quantitative estimate of drug-likeness (QED) is 0.322. The van der Waals surface area contributed by atoms with Crippen LogP contribution in [0.5, 0.6) is 0 Å². The lowest BCUT2D eigenvalue weighted by molar-refractivity contribution is 0.625. The van der Waals surface area contributed by atoms with Gasteiger partial charge in [0.25, 0.3) is 0 Å². The fourth-order valence-corrected chi connectivity index (χ4v) is 3.09. The number of benzene rings is 2. The zero-order valence-electron chi connectivity index (χ0n) is 16.3. The molecule has 3 aromatic heterocycles. The summed E-state index contributed by atoms with van der Waals surface area (Å²) in [5.74, 6) is 0.160. The number of rotatable bonds is 5. The standard InChI is InChI=1S/C21H13FN10/c22-14-4-2-6-16(10-14)32-19-18(30-31-32)11-25-21(29-19)27-15-5-1-3-13(9-15)17-7-8-24-20(28-17)26-12-23/h1-11H,(H,24,26,28)(H,25,27,29). The Labute approximate surface area is 180 Å². The molecule has 0 saturated carbocycles. The first-order valence-electron chi connectivity index (χ1n) is 9.39. The van der Waals surface area contributed by atoms with Gasteiger partial charge in [-0.15, -0.1) is 5.10 Å². The topological polar surface area (TPSA) is 130 Å². The molecule has 0 saturated heterocycles. The highest BCUT2D eigenvalue weighted by atomic mass is 19.1. The molecule has 3 heterocycles. The summed E-state index contributed by atoms with van der Waals surface area (Å²) in [5.41, 5.74) is 3.60. The van der Waals surface area contributed by atoms with Crippen LogP contribution in [0, 0.1) is 17.3 Å². The fourth-order valence-electron chi connectivity index (χ4n) is 3.09. The van der Waals surface area contributed by atoms with Crippen LogP contribution in [0.1, 0.15) is 0 Å². The monoisotopic (exact) mass is 424 g/mol. The van der Waals surface area contributed by atoms with E-state index >= 15 is 0 Å². The molecule has 154 valence electrons. The average molecular weight is 424 g/mol. The van der Waals surface area contributed by atoms with E-state index in [4.69, 9.17) is 5.26 Å². The molecule has 0 radical (unpaired) electrons. The maximum absolute atomic E-state index is 13.6. The normalized spacial score (nSPS) is 10.6. The molecular weight excluding hydrogens is 411 g/mol. The number of hydrogen-bond donors (Lipinski definition) is 2. The van der Waals surface area contributed by atoms with E-state index in [0.717, 1.165) is 11.3 Å². The molecule has 5 rings (SSSR count). The first-order chi connectivity index (χ1) is 15.7. The maximum Gasteiger partial charge on any atom is 0.236 e. The molecule has 2 aromatic carbocycles. The minimum absolute atomic E-state index is 0.218. The van der Waals surface area contributed by atoms with E-state index in [1.54, 1.807) is 36.8 Å². The number of anilines is 3. The fraction of sp³-hybridized carbons (Fsp3) is 0. The zero-order valence-corrected chi connectivity index (χ0v) is 16.3. The minimum atomic E-state index is -0.381. The average Bonchev–Trinajstić information content (AvgIpc) is 3.23. The Balaban J connectivity index is 1.46. The van der Waals surface area contributed by atoms with E-state index in [-0.39, 0.29) is 11.8 Å². The summed E-state index contributed by atoms with van der Waals surface area (Å²) in [6, 6.07) is 15.2. The molecule has 10 nitrogen and oxygen atoms in total. The highest BCUT2D eigenvalue weighted by Crippen LogP contribution is 2.24. The zero-order chi connectivity index (χ0) is 21.9. The first kappa shape index (κ1) is 19.0. The summed E-state index contributed by atoms with van der Waals surface area (Å²) in [6.45, 7) is 0. The Morgan fingerprint density at radius 3 is 2.75 bits per heavy atom. The molecule has 0 aliphatic heterocycles. The van der Waals surface area contributed by atoms with E-state index in [1.165, 1.54) is 16.8 Å². The Morgan fingerprint density at radius 1 is 0.969 bits per heavy atom. The molecule has 0 unspecified atom stereocenters. The molecule has 0 bridgehead atoms. The molecule has 0 atom stereocenters. The molecular formula is C21H13FN10. The van der Waals surface area contributed by atoms with Gasteiger partial charge in [-0.05, 0) is 36.4 Å². The van der Waals surface area contributed by atoms with Crippen molar-refractivity contribution in [1.29, 1.82) is 5.26 Å². The third-order valence-corrected chi connectivity index (χ3v) is 4.48. The Morgan fingerprint density at radius 2 is 1.88 bits per heavy atom. The van der Waals surface area contributed by atoms with E-state index in [0.29, 0.717) is 28.5 Å².